The van der Waals surface area contributed by atoms with E-state index in [4.69, 9.17) is 16.1 Å². The second-order valence-corrected chi connectivity index (χ2v) is 5.30. The summed E-state index contributed by atoms with van der Waals surface area (Å²) >= 11 is 5.97. The summed E-state index contributed by atoms with van der Waals surface area (Å²) in [4.78, 5) is 15.5. The number of aromatic nitrogens is 2. The molecule has 104 valence electrons. The van der Waals surface area contributed by atoms with Gasteiger partial charge in [-0.05, 0) is 31.0 Å². The van der Waals surface area contributed by atoms with Gasteiger partial charge in [-0.3, -0.25) is 4.79 Å². The molecule has 2 aromatic rings. The quantitative estimate of drug-likeness (QED) is 0.846. The Morgan fingerprint density at radius 2 is 2.05 bits per heavy atom. The van der Waals surface area contributed by atoms with Crippen molar-refractivity contribution in [1.29, 1.82) is 0 Å². The molecule has 4 nitrogen and oxygen atoms in total. The first-order chi connectivity index (χ1) is 9.63. The van der Waals surface area contributed by atoms with Gasteiger partial charge in [0.15, 0.2) is 0 Å². The molecule has 1 aromatic carbocycles. The van der Waals surface area contributed by atoms with Crippen LogP contribution in [-0.4, -0.2) is 15.9 Å². The maximum atomic E-state index is 13.0. The van der Waals surface area contributed by atoms with Gasteiger partial charge in [0.25, 0.3) is 0 Å². The van der Waals surface area contributed by atoms with E-state index in [9.17, 15) is 9.18 Å². The number of ketones is 1. The number of halogens is 2. The molecule has 3 rings (SSSR count). The summed E-state index contributed by atoms with van der Waals surface area (Å²) in [7, 11) is 0. The van der Waals surface area contributed by atoms with Crippen molar-refractivity contribution in [3.8, 4) is 11.4 Å². The number of hydrogen-bond donors (Lipinski definition) is 0. The van der Waals surface area contributed by atoms with Crippen LogP contribution in [0.3, 0.4) is 0 Å². The minimum atomic E-state index is -0.409. The van der Waals surface area contributed by atoms with E-state index in [1.165, 1.54) is 18.2 Å². The van der Waals surface area contributed by atoms with Crippen molar-refractivity contribution < 1.29 is 13.7 Å². The summed E-state index contributed by atoms with van der Waals surface area (Å²) in [5, 5.41) is 4.14. The number of hydrogen-bond acceptors (Lipinski definition) is 4. The van der Waals surface area contributed by atoms with Gasteiger partial charge in [0.05, 0.1) is 5.02 Å². The summed E-state index contributed by atoms with van der Waals surface area (Å²) in [6, 6.07) is 4.04. The normalized spacial score (nSPS) is 16.6. The van der Waals surface area contributed by atoms with Crippen LogP contribution in [0.5, 0.6) is 0 Å². The fourth-order valence-corrected chi connectivity index (χ4v) is 2.62. The molecule has 0 bridgehead atoms. The van der Waals surface area contributed by atoms with Crippen molar-refractivity contribution in [2.45, 2.75) is 31.6 Å². The zero-order chi connectivity index (χ0) is 14.1. The number of carbonyl (C=O) groups is 1. The zero-order valence-electron chi connectivity index (χ0n) is 10.6. The van der Waals surface area contributed by atoms with Crippen LogP contribution >= 0.6 is 11.6 Å². The Labute approximate surface area is 119 Å². The predicted molar refractivity (Wildman–Crippen MR) is 70.9 cm³/mol. The van der Waals surface area contributed by atoms with Crippen LogP contribution in [0.1, 0.15) is 37.5 Å². The van der Waals surface area contributed by atoms with Gasteiger partial charge in [0, 0.05) is 24.3 Å². The maximum absolute atomic E-state index is 13.0. The van der Waals surface area contributed by atoms with E-state index in [1.54, 1.807) is 0 Å². The van der Waals surface area contributed by atoms with Crippen molar-refractivity contribution in [1.82, 2.24) is 10.1 Å². The topological polar surface area (TPSA) is 56.0 Å². The molecular formula is C14H12ClFN2O2. The van der Waals surface area contributed by atoms with Crippen LogP contribution in [-0.2, 0) is 4.79 Å². The first-order valence-electron chi connectivity index (χ1n) is 6.44. The van der Waals surface area contributed by atoms with Crippen LogP contribution in [0.2, 0.25) is 5.02 Å². The van der Waals surface area contributed by atoms with Crippen molar-refractivity contribution in [3.63, 3.8) is 0 Å². The highest BCUT2D eigenvalue weighted by Gasteiger charge is 2.25. The third kappa shape index (κ3) is 2.58. The van der Waals surface area contributed by atoms with Crippen LogP contribution in [0.4, 0.5) is 4.39 Å². The Morgan fingerprint density at radius 1 is 1.30 bits per heavy atom. The first-order valence-corrected chi connectivity index (χ1v) is 6.82. The smallest absolute Gasteiger partial charge is 0.230 e. The highest BCUT2D eigenvalue weighted by atomic mass is 35.5. The molecule has 0 N–H and O–H groups in total. The minimum absolute atomic E-state index is 0.119. The van der Waals surface area contributed by atoms with E-state index in [0.29, 0.717) is 30.1 Å². The number of nitrogens with zero attached hydrogens (tertiary/aromatic N) is 2. The average Bonchev–Trinajstić information content (AvgIpc) is 2.89. The van der Waals surface area contributed by atoms with E-state index in [1.807, 2.05) is 0 Å². The van der Waals surface area contributed by atoms with E-state index >= 15 is 0 Å². The van der Waals surface area contributed by atoms with Gasteiger partial charge in [-0.25, -0.2) is 4.39 Å². The van der Waals surface area contributed by atoms with E-state index in [-0.39, 0.29) is 16.7 Å². The molecule has 0 saturated heterocycles. The largest absolute Gasteiger partial charge is 0.339 e. The van der Waals surface area contributed by atoms with Gasteiger partial charge >= 0.3 is 0 Å². The van der Waals surface area contributed by atoms with E-state index in [2.05, 4.69) is 10.1 Å². The van der Waals surface area contributed by atoms with Gasteiger partial charge in [0.2, 0.25) is 11.7 Å². The number of Topliss-reactive ketones (excluding diaryl/α,β-unsaturated/α-hetero) is 1. The Bertz CT molecular complexity index is 646. The highest BCUT2D eigenvalue weighted by Crippen LogP contribution is 2.32. The monoisotopic (exact) mass is 294 g/mol. The van der Waals surface area contributed by atoms with Crippen LogP contribution in [0.15, 0.2) is 22.7 Å². The summed E-state index contributed by atoms with van der Waals surface area (Å²) in [5.41, 5.74) is 0.537. The second kappa shape index (κ2) is 5.32. The van der Waals surface area contributed by atoms with Crippen molar-refractivity contribution in [2.24, 2.45) is 0 Å². The van der Waals surface area contributed by atoms with Crippen LogP contribution in [0.25, 0.3) is 11.4 Å². The Kier molecular flexibility index (Phi) is 3.53. The lowest BCUT2D eigenvalue weighted by molar-refractivity contribution is -0.120. The standard InChI is InChI=1S/C14H12ClFN2O2/c15-12-7-9(16)3-6-11(12)13-17-14(20-18-13)8-1-4-10(19)5-2-8/h3,6-8H,1-2,4-5H2. The van der Waals surface area contributed by atoms with Gasteiger partial charge in [-0.15, -0.1) is 0 Å². The Morgan fingerprint density at radius 3 is 2.75 bits per heavy atom. The maximum Gasteiger partial charge on any atom is 0.230 e. The molecule has 0 unspecified atom stereocenters. The summed E-state index contributed by atoms with van der Waals surface area (Å²) < 4.78 is 18.3. The number of carbonyl (C=O) groups excluding carboxylic acids is 1. The van der Waals surface area contributed by atoms with Gasteiger partial charge in [0.1, 0.15) is 11.6 Å². The van der Waals surface area contributed by atoms with Crippen molar-refractivity contribution in [2.75, 3.05) is 0 Å². The second-order valence-electron chi connectivity index (χ2n) is 4.89. The zero-order valence-corrected chi connectivity index (χ0v) is 11.4. The molecule has 0 spiro atoms. The lowest BCUT2D eigenvalue weighted by Crippen LogP contribution is -2.12. The van der Waals surface area contributed by atoms with Gasteiger partial charge in [-0.1, -0.05) is 16.8 Å². The van der Waals surface area contributed by atoms with Crippen molar-refractivity contribution >= 4 is 17.4 Å². The molecule has 1 aliphatic rings. The van der Waals surface area contributed by atoms with Crippen LogP contribution < -0.4 is 0 Å². The summed E-state index contributed by atoms with van der Waals surface area (Å²) in [5.74, 6) is 0.860. The molecule has 20 heavy (non-hydrogen) atoms. The molecule has 1 fully saturated rings. The molecule has 0 atom stereocenters. The molecule has 0 amide bonds. The van der Waals surface area contributed by atoms with Gasteiger partial charge < -0.3 is 4.52 Å². The lowest BCUT2D eigenvalue weighted by Gasteiger charge is -2.16. The summed E-state index contributed by atoms with van der Waals surface area (Å²) in [6.07, 6.45) is 2.58. The van der Waals surface area contributed by atoms with E-state index in [0.717, 1.165) is 12.8 Å². The SMILES string of the molecule is O=C1CCC(c2nc(-c3ccc(F)cc3Cl)no2)CC1. The Hall–Kier alpha value is -1.75. The molecule has 0 aliphatic heterocycles. The van der Waals surface area contributed by atoms with Crippen molar-refractivity contribution in [3.05, 3.63) is 34.9 Å². The molecule has 1 heterocycles. The molecule has 0 radical (unpaired) electrons. The summed E-state index contributed by atoms with van der Waals surface area (Å²) in [6.45, 7) is 0. The molecular weight excluding hydrogens is 283 g/mol. The third-order valence-electron chi connectivity index (χ3n) is 3.51. The lowest BCUT2D eigenvalue weighted by atomic mass is 9.88. The first kappa shape index (κ1) is 13.2. The number of rotatable bonds is 2. The van der Waals surface area contributed by atoms with E-state index < -0.39 is 5.82 Å². The minimum Gasteiger partial charge on any atom is -0.339 e. The highest BCUT2D eigenvalue weighted by molar-refractivity contribution is 6.33. The predicted octanol–water partition coefficient (Wildman–Crippen LogP) is 3.76. The Balaban J connectivity index is 1.84. The molecule has 1 saturated carbocycles. The molecule has 1 aromatic heterocycles. The third-order valence-corrected chi connectivity index (χ3v) is 3.82. The van der Waals surface area contributed by atoms with Crippen LogP contribution in [0, 0.1) is 5.82 Å². The fourth-order valence-electron chi connectivity index (χ4n) is 2.37. The fraction of sp³-hybridized carbons (Fsp3) is 0.357. The average molecular weight is 295 g/mol. The molecule has 6 heteroatoms. The van der Waals surface area contributed by atoms with Gasteiger partial charge in [-0.2, -0.15) is 4.98 Å². The number of benzene rings is 1. The molecule has 1 aliphatic carbocycles.